The number of nitrogens with two attached hydrogens (primary N) is 1. The molecule has 0 saturated heterocycles. The van der Waals surface area contributed by atoms with Gasteiger partial charge >= 0.3 is 30.3 Å². The Bertz CT molecular complexity index is 2320. The normalized spacial score (nSPS) is 12.1. The number of hydrogen-bond donors (Lipinski definition) is 6. The van der Waals surface area contributed by atoms with Crippen LogP contribution < -0.4 is 27.0 Å². The maximum absolute atomic E-state index is 14.3. The van der Waals surface area contributed by atoms with E-state index in [1.54, 1.807) is 93.7 Å². The molecule has 344 valence electrons. The van der Waals surface area contributed by atoms with Crippen LogP contribution in [-0.4, -0.2) is 85.2 Å². The van der Waals surface area contributed by atoms with E-state index in [2.05, 4.69) is 31.3 Å². The predicted octanol–water partition coefficient (Wildman–Crippen LogP) is 8.72. The van der Waals surface area contributed by atoms with Crippen molar-refractivity contribution in [1.82, 2.24) is 16.0 Å². The topological polar surface area (TPSA) is 266 Å². The number of nitrogens with one attached hydrogen (secondary N) is 4. The molecule has 5 amide bonds. The van der Waals surface area contributed by atoms with E-state index >= 15 is 0 Å². The largest absolute Gasteiger partial charge is 0.481 e. The number of hydrogen-bond acceptors (Lipinski definition) is 13. The van der Waals surface area contributed by atoms with Crippen molar-refractivity contribution < 1.29 is 51.7 Å². The van der Waals surface area contributed by atoms with Crippen molar-refractivity contribution in [3.63, 3.8) is 0 Å². The van der Waals surface area contributed by atoms with Crippen molar-refractivity contribution in [2.24, 2.45) is 15.7 Å². The Hall–Kier alpha value is -5.67. The van der Waals surface area contributed by atoms with E-state index < -0.39 is 56.9 Å². The number of benzene rings is 2. The molecule has 0 aliphatic heterocycles. The molecular weight excluding hydrogens is 875 g/mol. The Morgan fingerprint density at radius 2 is 1.44 bits per heavy atom. The summed E-state index contributed by atoms with van der Waals surface area (Å²) in [5, 5.41) is 19.4. The number of unbranched alkanes of at least 4 members (excludes halogenated alkanes) is 2. The summed E-state index contributed by atoms with van der Waals surface area (Å²) in [7, 11) is -4.23. The third-order valence-corrected chi connectivity index (χ3v) is 12.2. The lowest BCUT2D eigenvalue weighted by atomic mass is 9.97. The zero-order valence-electron chi connectivity index (χ0n) is 37.3. The number of sulfone groups is 1. The average Bonchev–Trinajstić information content (AvgIpc) is 3.56. The molecule has 3 aromatic rings. The van der Waals surface area contributed by atoms with Crippen molar-refractivity contribution in [3.8, 4) is 11.1 Å². The van der Waals surface area contributed by atoms with Crippen molar-refractivity contribution in [3.05, 3.63) is 52.9 Å². The number of guanidine groups is 1. The number of carbonyl (C=O) groups excluding carboxylic acids is 4. The Morgan fingerprint density at radius 1 is 0.841 bits per heavy atom. The third-order valence-electron chi connectivity index (χ3n) is 7.83. The van der Waals surface area contributed by atoms with E-state index in [1.807, 2.05) is 0 Å². The van der Waals surface area contributed by atoms with Gasteiger partial charge in [0, 0.05) is 18.5 Å². The number of aliphatic imine (C=N–C) groups is 2. The van der Waals surface area contributed by atoms with Crippen LogP contribution in [0.3, 0.4) is 0 Å². The van der Waals surface area contributed by atoms with E-state index in [0.29, 0.717) is 40.2 Å². The highest BCUT2D eigenvalue weighted by Crippen LogP contribution is 2.40. The molecule has 3 rings (SSSR count). The zero-order chi connectivity index (χ0) is 47.5. The lowest BCUT2D eigenvalue weighted by molar-refractivity contribution is -0.137. The minimum atomic E-state index is -4.23. The number of carboxylic acid groups (broad SMARTS) is 1. The molecular formula is C42H57N7O11S3. The second kappa shape index (κ2) is 21.6. The highest BCUT2D eigenvalue weighted by atomic mass is 32.2. The molecule has 0 atom stereocenters. The number of rotatable bonds is 13. The number of amidine groups is 1. The summed E-state index contributed by atoms with van der Waals surface area (Å²) in [4.78, 5) is 70.7. The fraction of sp³-hybridized carbons (Fsp3) is 0.452. The number of aliphatic carboxylic acids is 1. The van der Waals surface area contributed by atoms with Crippen molar-refractivity contribution >= 4 is 86.4 Å². The first-order valence-electron chi connectivity index (χ1n) is 19.7. The van der Waals surface area contributed by atoms with Crippen LogP contribution in [0.4, 0.5) is 30.6 Å². The van der Waals surface area contributed by atoms with Gasteiger partial charge in [-0.1, -0.05) is 18.6 Å². The summed E-state index contributed by atoms with van der Waals surface area (Å²) in [5.74, 6) is -1.47. The molecule has 0 aliphatic rings. The molecule has 2 aromatic carbocycles. The van der Waals surface area contributed by atoms with Crippen LogP contribution in [-0.2, 0) is 28.8 Å². The number of carbonyl (C=O) groups is 5. The van der Waals surface area contributed by atoms with Gasteiger partial charge < -0.3 is 35.7 Å². The van der Waals surface area contributed by atoms with Gasteiger partial charge in [0.25, 0.3) is 0 Å². The van der Waals surface area contributed by atoms with Gasteiger partial charge in [-0.15, -0.1) is 23.1 Å². The average molecular weight is 932 g/mol. The Morgan fingerprint density at radius 3 is 2.00 bits per heavy atom. The van der Waals surface area contributed by atoms with E-state index in [-0.39, 0.29) is 50.8 Å². The molecule has 0 unspecified atom stereocenters. The van der Waals surface area contributed by atoms with Gasteiger partial charge in [-0.3, -0.25) is 15.4 Å². The van der Waals surface area contributed by atoms with Crippen LogP contribution in [0, 0.1) is 6.92 Å². The summed E-state index contributed by atoms with van der Waals surface area (Å²) in [5.41, 5.74) is 5.14. The molecule has 21 heteroatoms. The first-order chi connectivity index (χ1) is 29.1. The molecule has 1 aromatic heterocycles. The van der Waals surface area contributed by atoms with Gasteiger partial charge in [0.15, 0.2) is 0 Å². The minimum absolute atomic E-state index is 0.00701. The van der Waals surface area contributed by atoms with E-state index in [1.165, 1.54) is 36.0 Å². The van der Waals surface area contributed by atoms with Crippen LogP contribution in [0.15, 0.2) is 66.4 Å². The number of aryl methyl sites for hydroxylation is 1. The number of urea groups is 1. The minimum Gasteiger partial charge on any atom is -0.481 e. The Labute approximate surface area is 376 Å². The number of carboxylic acids is 1. The molecule has 0 bridgehead atoms. The zero-order valence-corrected chi connectivity index (χ0v) is 39.8. The number of alkyl carbamates (subject to hydrolysis) is 2. The summed E-state index contributed by atoms with van der Waals surface area (Å²) >= 11 is 2.23. The van der Waals surface area contributed by atoms with E-state index in [0.717, 1.165) is 11.3 Å². The van der Waals surface area contributed by atoms with Gasteiger partial charge in [-0.2, -0.15) is 4.99 Å². The van der Waals surface area contributed by atoms with Crippen molar-refractivity contribution in [2.45, 2.75) is 126 Å². The second-order valence-corrected chi connectivity index (χ2v) is 21.0. The number of thioether (sulfide) groups is 1. The lowest BCUT2D eigenvalue weighted by Gasteiger charge is -2.22. The molecule has 0 radical (unpaired) electrons. The molecule has 0 aliphatic carbocycles. The standard InChI is InChI=1S/C42H57N7O11S3/c1-24-20-26(45-35(48-38(54)59-41(5,6)7)49-39(55)60-42(8,9)10)22-28(46-36(52)44-19-14-12-13-18-31(50)51)32(24)25-16-15-17-27(21-25)63(56,57)30-23-29(62-34(30)61-11)33(43)47-37(53)58-40(2,3)4/h15-17,20-23H,12-14,18-19H2,1-11H3,(H,50,51)(H2,43,47,53)(H2,44,46,52)(H2,45,48,49,54,55). The number of amides is 5. The smallest absolute Gasteiger partial charge is 0.436 e. The van der Waals surface area contributed by atoms with Crippen LogP contribution in [0.5, 0.6) is 0 Å². The van der Waals surface area contributed by atoms with Crippen LogP contribution in [0.1, 0.15) is 98.4 Å². The summed E-state index contributed by atoms with van der Waals surface area (Å²) in [6.45, 7) is 16.9. The SMILES string of the molecule is CSc1sc(/C(N)=N\C(=O)OC(C)(C)C)cc1S(=O)(=O)c1cccc(-c2c(C)cc(N=C(NC(=O)OC(C)(C)C)NC(=O)OC(C)(C)C)cc2NC(=O)NCCCCCC(=O)O)c1. The maximum Gasteiger partial charge on any atom is 0.436 e. The number of nitrogens with zero attached hydrogens (tertiary/aromatic N) is 2. The summed E-state index contributed by atoms with van der Waals surface area (Å²) in [6, 6.07) is 9.87. The molecule has 0 fully saturated rings. The fourth-order valence-electron chi connectivity index (χ4n) is 5.47. The van der Waals surface area contributed by atoms with E-state index in [9.17, 15) is 32.4 Å². The van der Waals surface area contributed by atoms with Gasteiger partial charge in [-0.05, 0) is 130 Å². The van der Waals surface area contributed by atoms with Gasteiger partial charge in [0.2, 0.25) is 15.8 Å². The first-order valence-corrected chi connectivity index (χ1v) is 23.2. The van der Waals surface area contributed by atoms with Gasteiger partial charge in [0.1, 0.15) is 22.6 Å². The van der Waals surface area contributed by atoms with E-state index in [4.69, 9.17) is 25.1 Å². The molecule has 0 saturated carbocycles. The highest BCUT2D eigenvalue weighted by molar-refractivity contribution is 8.01. The fourth-order valence-corrected chi connectivity index (χ4v) is 9.42. The highest BCUT2D eigenvalue weighted by Gasteiger charge is 2.28. The second-order valence-electron chi connectivity index (χ2n) is 17.0. The molecule has 7 N–H and O–H groups in total. The predicted molar refractivity (Wildman–Crippen MR) is 244 cm³/mol. The van der Waals surface area contributed by atoms with Crippen LogP contribution in [0.2, 0.25) is 0 Å². The number of anilines is 1. The van der Waals surface area contributed by atoms with Gasteiger partial charge in [0.05, 0.1) is 30.3 Å². The summed E-state index contributed by atoms with van der Waals surface area (Å²) in [6.07, 6.45) is 0.447. The van der Waals surface area contributed by atoms with Crippen LogP contribution >= 0.6 is 23.1 Å². The first kappa shape index (κ1) is 51.7. The Balaban J connectivity index is 2.15. The molecule has 18 nitrogen and oxygen atoms in total. The van der Waals surface area contributed by atoms with Crippen molar-refractivity contribution in [2.75, 3.05) is 18.1 Å². The third kappa shape index (κ3) is 17.2. The molecule has 0 spiro atoms. The van der Waals surface area contributed by atoms with Crippen LogP contribution in [0.25, 0.3) is 11.1 Å². The monoisotopic (exact) mass is 931 g/mol. The van der Waals surface area contributed by atoms with Crippen molar-refractivity contribution in [1.29, 1.82) is 0 Å². The lowest BCUT2D eigenvalue weighted by Crippen LogP contribution is -2.47. The molecule has 1 heterocycles. The maximum atomic E-state index is 14.3. The molecule has 63 heavy (non-hydrogen) atoms. The Kier molecular flexibility index (Phi) is 17.7. The van der Waals surface area contributed by atoms with Gasteiger partial charge in [-0.25, -0.2) is 32.6 Å². The number of ether oxygens (including phenoxy) is 3. The quantitative estimate of drug-likeness (QED) is 0.0308. The number of thiophene rings is 1. The summed E-state index contributed by atoms with van der Waals surface area (Å²) < 4.78 is 45.1.